The Kier molecular flexibility index (Phi) is 5.44. The lowest BCUT2D eigenvalue weighted by molar-refractivity contribution is -0.105. The fourth-order valence-electron chi connectivity index (χ4n) is 3.36. The van der Waals surface area contributed by atoms with E-state index in [-0.39, 0.29) is 11.7 Å². The molecule has 3 rings (SSSR count). The van der Waals surface area contributed by atoms with Crippen molar-refractivity contribution in [3.63, 3.8) is 0 Å². The number of unbranched alkanes of at least 4 members (excludes halogenated alkanes) is 2. The van der Waals surface area contributed by atoms with Gasteiger partial charge in [0.05, 0.1) is 0 Å². The Morgan fingerprint density at radius 3 is 2.68 bits per heavy atom. The van der Waals surface area contributed by atoms with Gasteiger partial charge in [-0.25, -0.2) is 0 Å². The number of aromatic nitrogens is 1. The Hall–Kier alpha value is -2.68. The van der Waals surface area contributed by atoms with Crippen LogP contribution in [0.1, 0.15) is 48.3 Å². The van der Waals surface area contributed by atoms with E-state index in [2.05, 4.69) is 13.0 Å². The molecule has 1 aliphatic heterocycles. The van der Waals surface area contributed by atoms with Crippen molar-refractivity contribution < 1.29 is 9.59 Å². The van der Waals surface area contributed by atoms with Crippen molar-refractivity contribution in [1.82, 2.24) is 4.57 Å². The van der Waals surface area contributed by atoms with Crippen LogP contribution in [0.4, 0.5) is 0 Å². The van der Waals surface area contributed by atoms with Crippen LogP contribution >= 0.6 is 0 Å². The van der Waals surface area contributed by atoms with E-state index in [1.165, 1.54) is 0 Å². The Bertz CT molecular complexity index is 798. The summed E-state index contributed by atoms with van der Waals surface area (Å²) >= 11 is 0. The number of fused-ring (bicyclic) bond motifs is 1. The Labute approximate surface area is 148 Å². The van der Waals surface area contributed by atoms with Gasteiger partial charge in [-0.05, 0) is 24.6 Å². The molecule has 0 radical (unpaired) electrons. The van der Waals surface area contributed by atoms with E-state index in [4.69, 9.17) is 0 Å². The van der Waals surface area contributed by atoms with Gasteiger partial charge in [0.15, 0.2) is 5.78 Å². The van der Waals surface area contributed by atoms with Crippen LogP contribution in [-0.4, -0.2) is 16.6 Å². The number of hydrogen-bond acceptors (Lipinski definition) is 2. The summed E-state index contributed by atoms with van der Waals surface area (Å²) in [6.07, 6.45) is 12.0. The van der Waals surface area contributed by atoms with Crippen LogP contribution in [-0.2, 0) is 4.79 Å². The summed E-state index contributed by atoms with van der Waals surface area (Å²) in [6, 6.07) is 12.7. The first-order chi connectivity index (χ1) is 12.3. The van der Waals surface area contributed by atoms with E-state index in [9.17, 15) is 9.59 Å². The molecule has 2 unspecified atom stereocenters. The summed E-state index contributed by atoms with van der Waals surface area (Å²) in [5.41, 5.74) is 2.23. The molecule has 25 heavy (non-hydrogen) atoms. The molecule has 0 bridgehead atoms. The van der Waals surface area contributed by atoms with Crippen molar-refractivity contribution >= 4 is 18.1 Å². The largest absolute Gasteiger partial charge is 0.336 e. The number of Topliss-reactive ketones (excluding diaryl/α,β-unsaturated/α-hetero) is 1. The number of ketones is 1. The smallest absolute Gasteiger partial charge is 0.186 e. The van der Waals surface area contributed by atoms with Crippen LogP contribution in [0.2, 0.25) is 0 Å². The van der Waals surface area contributed by atoms with Crippen molar-refractivity contribution in [2.75, 3.05) is 0 Å². The van der Waals surface area contributed by atoms with E-state index in [0.29, 0.717) is 11.1 Å². The number of carbonyl (C=O) groups excluding carboxylic acids is 2. The number of carbonyl (C=O) groups is 2. The molecule has 0 aliphatic carbocycles. The third-order valence-electron chi connectivity index (χ3n) is 4.68. The topological polar surface area (TPSA) is 39.1 Å². The van der Waals surface area contributed by atoms with Crippen LogP contribution < -0.4 is 0 Å². The molecule has 0 fully saturated rings. The highest BCUT2D eigenvalue weighted by Gasteiger charge is 2.34. The first-order valence-corrected chi connectivity index (χ1v) is 8.85. The molecule has 2 heterocycles. The van der Waals surface area contributed by atoms with Crippen molar-refractivity contribution in [3.05, 3.63) is 77.6 Å². The molecule has 0 spiro atoms. The molecule has 3 nitrogen and oxygen atoms in total. The van der Waals surface area contributed by atoms with E-state index in [0.717, 1.165) is 31.2 Å². The first kappa shape index (κ1) is 17.2. The van der Waals surface area contributed by atoms with Crippen molar-refractivity contribution in [1.29, 1.82) is 0 Å². The Balaban J connectivity index is 2.01. The maximum atomic E-state index is 13.2. The summed E-state index contributed by atoms with van der Waals surface area (Å²) in [7, 11) is 0. The quantitative estimate of drug-likeness (QED) is 0.314. The van der Waals surface area contributed by atoms with E-state index in [1.807, 2.05) is 65.4 Å². The first-order valence-electron chi connectivity index (χ1n) is 8.85. The fourth-order valence-corrected chi connectivity index (χ4v) is 3.36. The van der Waals surface area contributed by atoms with E-state index >= 15 is 0 Å². The van der Waals surface area contributed by atoms with Gasteiger partial charge in [0.2, 0.25) is 0 Å². The average molecular weight is 333 g/mol. The molecule has 0 amide bonds. The van der Waals surface area contributed by atoms with Gasteiger partial charge in [0.1, 0.15) is 12.3 Å². The third-order valence-corrected chi connectivity index (χ3v) is 4.68. The average Bonchev–Trinajstić information content (AvgIpc) is 3.12. The third kappa shape index (κ3) is 3.55. The number of aldehydes is 1. The highest BCUT2D eigenvalue weighted by Crippen LogP contribution is 2.36. The Morgan fingerprint density at radius 2 is 1.96 bits per heavy atom. The lowest BCUT2D eigenvalue weighted by Crippen LogP contribution is -2.31. The fraction of sp³-hybridized carbons (Fsp3) is 0.273. The van der Waals surface area contributed by atoms with Gasteiger partial charge in [0.25, 0.3) is 0 Å². The van der Waals surface area contributed by atoms with Gasteiger partial charge in [-0.1, -0.05) is 62.2 Å². The predicted octanol–water partition coefficient (Wildman–Crippen LogP) is 4.87. The lowest BCUT2D eigenvalue weighted by atomic mass is 9.83. The van der Waals surface area contributed by atoms with E-state index < -0.39 is 6.04 Å². The highest BCUT2D eigenvalue weighted by molar-refractivity contribution is 6.01. The molecule has 3 heteroatoms. The zero-order chi connectivity index (χ0) is 17.6. The normalized spacial score (nSPS) is 19.5. The lowest BCUT2D eigenvalue weighted by Gasteiger charge is -2.30. The maximum Gasteiger partial charge on any atom is 0.186 e. The monoisotopic (exact) mass is 333 g/mol. The van der Waals surface area contributed by atoms with Gasteiger partial charge < -0.3 is 4.57 Å². The molecule has 1 aliphatic rings. The van der Waals surface area contributed by atoms with Crippen molar-refractivity contribution in [2.45, 2.75) is 32.2 Å². The van der Waals surface area contributed by atoms with Gasteiger partial charge in [0, 0.05) is 28.9 Å². The van der Waals surface area contributed by atoms with Crippen LogP contribution in [0.25, 0.3) is 6.08 Å². The molecular weight excluding hydrogens is 310 g/mol. The van der Waals surface area contributed by atoms with Crippen LogP contribution in [0.5, 0.6) is 0 Å². The molecule has 1 aromatic heterocycles. The SMILES string of the molecule is CCCC/C=C/C1C(C=O)=Cc2cccn2C1C(=O)c1ccccc1. The second kappa shape index (κ2) is 7.93. The summed E-state index contributed by atoms with van der Waals surface area (Å²) in [4.78, 5) is 24.9. The van der Waals surface area contributed by atoms with Gasteiger partial charge in [-0.2, -0.15) is 0 Å². The summed E-state index contributed by atoms with van der Waals surface area (Å²) in [5.74, 6) is -0.197. The number of nitrogens with zero attached hydrogens (tertiary/aromatic N) is 1. The maximum absolute atomic E-state index is 13.2. The minimum absolute atomic E-state index is 0.0376. The summed E-state index contributed by atoms with van der Waals surface area (Å²) < 4.78 is 1.98. The molecule has 2 aromatic rings. The van der Waals surface area contributed by atoms with E-state index in [1.54, 1.807) is 0 Å². The minimum atomic E-state index is -0.421. The van der Waals surface area contributed by atoms with Gasteiger partial charge >= 0.3 is 0 Å². The molecule has 1 aromatic carbocycles. The molecular formula is C22H23NO2. The van der Waals surface area contributed by atoms with Gasteiger partial charge in [-0.15, -0.1) is 0 Å². The molecule has 0 saturated carbocycles. The van der Waals surface area contributed by atoms with Crippen molar-refractivity contribution in [3.8, 4) is 0 Å². The second-order valence-electron chi connectivity index (χ2n) is 6.37. The molecule has 0 N–H and O–H groups in total. The number of allylic oxidation sites excluding steroid dienone is 3. The summed E-state index contributed by atoms with van der Waals surface area (Å²) in [5, 5.41) is 0. The summed E-state index contributed by atoms with van der Waals surface area (Å²) in [6.45, 7) is 2.15. The molecule has 0 saturated heterocycles. The number of hydrogen-bond donors (Lipinski definition) is 0. The minimum Gasteiger partial charge on any atom is -0.336 e. The zero-order valence-corrected chi connectivity index (χ0v) is 14.5. The molecule has 2 atom stereocenters. The number of benzene rings is 1. The molecule has 128 valence electrons. The predicted molar refractivity (Wildman–Crippen MR) is 100 cm³/mol. The zero-order valence-electron chi connectivity index (χ0n) is 14.5. The second-order valence-corrected chi connectivity index (χ2v) is 6.37. The highest BCUT2D eigenvalue weighted by atomic mass is 16.1. The van der Waals surface area contributed by atoms with Crippen LogP contribution in [0, 0.1) is 5.92 Å². The number of rotatable bonds is 7. The Morgan fingerprint density at radius 1 is 1.16 bits per heavy atom. The van der Waals surface area contributed by atoms with Crippen molar-refractivity contribution in [2.24, 2.45) is 5.92 Å². The van der Waals surface area contributed by atoms with Crippen LogP contribution in [0.3, 0.4) is 0 Å². The van der Waals surface area contributed by atoms with Crippen LogP contribution in [0.15, 0.2) is 66.4 Å². The standard InChI is InChI=1S/C22H23NO2/c1-2-3-4-8-13-20-18(16-24)15-19-12-9-14-23(19)21(20)22(25)17-10-6-5-7-11-17/h5-16,20-21H,2-4H2,1H3/b13-8+. The van der Waals surface area contributed by atoms with Gasteiger partial charge in [-0.3, -0.25) is 9.59 Å².